The Kier molecular flexibility index (Phi) is 6.32. The average Bonchev–Trinajstić information content (AvgIpc) is 3.02. The van der Waals surface area contributed by atoms with Gasteiger partial charge in [0.25, 0.3) is 5.56 Å². The molecule has 0 radical (unpaired) electrons. The number of thioether (sulfide) groups is 1. The van der Waals surface area contributed by atoms with E-state index in [9.17, 15) is 4.79 Å². The molecule has 0 amide bonds. The van der Waals surface area contributed by atoms with Gasteiger partial charge in [0.2, 0.25) is 0 Å². The smallest absolute Gasteiger partial charge is 0.278 e. The third-order valence-electron chi connectivity index (χ3n) is 4.27. The lowest BCUT2D eigenvalue weighted by Crippen LogP contribution is -2.25. The van der Waals surface area contributed by atoms with Gasteiger partial charge in [-0.1, -0.05) is 42.1 Å². The largest absolute Gasteiger partial charge is 0.382 e. The normalized spacial score (nSPS) is 11.0. The Morgan fingerprint density at radius 2 is 2.07 bits per heavy atom. The molecule has 0 spiro atoms. The van der Waals surface area contributed by atoms with Crippen molar-refractivity contribution < 1.29 is 4.74 Å². The number of fused-ring (bicyclic) bond motifs is 1. The molecular weight excluding hydrogens is 360 g/mol. The van der Waals surface area contributed by atoms with Crippen LogP contribution in [0.1, 0.15) is 13.3 Å². The van der Waals surface area contributed by atoms with E-state index in [0.717, 1.165) is 17.5 Å². The highest BCUT2D eigenvalue weighted by Gasteiger charge is 2.18. The van der Waals surface area contributed by atoms with Crippen molar-refractivity contribution in [3.63, 3.8) is 0 Å². The fourth-order valence-electron chi connectivity index (χ4n) is 3.05. The molecular formula is C20H22N4O2S. The summed E-state index contributed by atoms with van der Waals surface area (Å²) in [6.07, 6.45) is 2.66. The van der Waals surface area contributed by atoms with E-state index < -0.39 is 0 Å². The van der Waals surface area contributed by atoms with Crippen LogP contribution in [-0.4, -0.2) is 33.1 Å². The van der Waals surface area contributed by atoms with Crippen LogP contribution in [0.5, 0.6) is 0 Å². The van der Waals surface area contributed by atoms with Gasteiger partial charge in [-0.05, 0) is 18.9 Å². The van der Waals surface area contributed by atoms with E-state index in [1.165, 1.54) is 11.8 Å². The van der Waals surface area contributed by atoms with Crippen LogP contribution in [0.25, 0.3) is 22.2 Å². The molecule has 3 rings (SSSR count). The molecule has 0 unspecified atom stereocenters. The number of ether oxygens (including phenoxy) is 1. The number of hydrogen-bond acceptors (Lipinski definition) is 5. The van der Waals surface area contributed by atoms with Gasteiger partial charge in [-0.3, -0.25) is 9.36 Å². The predicted molar refractivity (Wildman–Crippen MR) is 108 cm³/mol. The number of nitrogens with zero attached hydrogens (tertiary/aromatic N) is 4. The highest BCUT2D eigenvalue weighted by atomic mass is 32.2. The van der Waals surface area contributed by atoms with Crippen LogP contribution in [0, 0.1) is 11.3 Å². The molecule has 6 nitrogen and oxygen atoms in total. The van der Waals surface area contributed by atoms with Crippen molar-refractivity contribution in [2.45, 2.75) is 25.0 Å². The first-order valence-electron chi connectivity index (χ1n) is 8.90. The summed E-state index contributed by atoms with van der Waals surface area (Å²) < 4.78 is 8.89. The fraction of sp³-hybridized carbons (Fsp3) is 0.350. The second kappa shape index (κ2) is 8.89. The van der Waals surface area contributed by atoms with Gasteiger partial charge in [0.15, 0.2) is 5.16 Å². The van der Waals surface area contributed by atoms with Crippen molar-refractivity contribution in [1.82, 2.24) is 14.1 Å². The zero-order valence-corrected chi connectivity index (χ0v) is 16.3. The lowest BCUT2D eigenvalue weighted by Gasteiger charge is -2.12. The van der Waals surface area contributed by atoms with Crippen molar-refractivity contribution in [1.29, 1.82) is 5.26 Å². The fourth-order valence-corrected chi connectivity index (χ4v) is 3.73. The topological polar surface area (TPSA) is 72.8 Å². The Hall–Kier alpha value is -2.56. The minimum atomic E-state index is -0.0818. The van der Waals surface area contributed by atoms with Crippen molar-refractivity contribution in [3.05, 3.63) is 46.9 Å². The Balaban J connectivity index is 2.12. The Morgan fingerprint density at radius 1 is 1.30 bits per heavy atom. The quantitative estimate of drug-likeness (QED) is 0.339. The van der Waals surface area contributed by atoms with E-state index in [1.54, 1.807) is 4.57 Å². The third-order valence-corrected chi connectivity index (χ3v) is 5.11. The maximum absolute atomic E-state index is 13.2. The molecule has 0 N–H and O–H groups in total. The first-order chi connectivity index (χ1) is 13.2. The summed E-state index contributed by atoms with van der Waals surface area (Å²) in [6, 6.07) is 12.0. The molecule has 0 saturated carbocycles. The van der Waals surface area contributed by atoms with Crippen molar-refractivity contribution in [3.8, 4) is 17.2 Å². The molecule has 0 bridgehead atoms. The highest BCUT2D eigenvalue weighted by molar-refractivity contribution is 7.99. The molecule has 1 aromatic carbocycles. The standard InChI is InChI=1S/C20H22N4O2S/c1-3-26-12-7-11-24-19(25)18-17(22-20(24)27-13-10-21)16(14-23(18)2)15-8-5-4-6-9-15/h4-6,8-9,14H,3,7,11-13H2,1-2H3. The van der Waals surface area contributed by atoms with Gasteiger partial charge in [0.1, 0.15) is 11.0 Å². The SMILES string of the molecule is CCOCCCn1c(SCC#N)nc2c(-c3ccccc3)cn(C)c2c1=O. The molecule has 0 aliphatic heterocycles. The highest BCUT2D eigenvalue weighted by Crippen LogP contribution is 2.29. The monoisotopic (exact) mass is 382 g/mol. The zero-order valence-electron chi connectivity index (χ0n) is 15.5. The molecule has 27 heavy (non-hydrogen) atoms. The molecule has 0 atom stereocenters. The lowest BCUT2D eigenvalue weighted by molar-refractivity contribution is 0.140. The number of rotatable bonds is 8. The molecule has 0 aliphatic carbocycles. The first kappa shape index (κ1) is 19.2. The Labute approximate surface area is 162 Å². The number of nitriles is 1. The summed E-state index contributed by atoms with van der Waals surface area (Å²) in [6.45, 7) is 3.71. The minimum absolute atomic E-state index is 0.0818. The summed E-state index contributed by atoms with van der Waals surface area (Å²) in [5, 5.41) is 9.55. The number of benzene rings is 1. The molecule has 0 fully saturated rings. The Morgan fingerprint density at radius 3 is 2.78 bits per heavy atom. The number of aryl methyl sites for hydroxylation is 1. The van der Waals surface area contributed by atoms with E-state index in [4.69, 9.17) is 15.0 Å². The molecule has 2 heterocycles. The second-order valence-corrected chi connectivity index (χ2v) is 7.01. The maximum Gasteiger partial charge on any atom is 0.278 e. The third kappa shape index (κ3) is 4.07. The average molecular weight is 382 g/mol. The summed E-state index contributed by atoms with van der Waals surface area (Å²) >= 11 is 1.29. The van der Waals surface area contributed by atoms with Gasteiger partial charge in [-0.25, -0.2) is 4.98 Å². The van der Waals surface area contributed by atoms with Gasteiger partial charge in [-0.15, -0.1) is 0 Å². The Bertz CT molecular complexity index is 1020. The first-order valence-corrected chi connectivity index (χ1v) is 9.88. The van der Waals surface area contributed by atoms with E-state index in [0.29, 0.717) is 35.9 Å². The van der Waals surface area contributed by atoms with Crippen LogP contribution in [0.2, 0.25) is 0 Å². The summed E-state index contributed by atoms with van der Waals surface area (Å²) in [5.74, 6) is 0.247. The van der Waals surface area contributed by atoms with Crippen LogP contribution in [0.4, 0.5) is 0 Å². The van der Waals surface area contributed by atoms with E-state index in [-0.39, 0.29) is 11.3 Å². The summed E-state index contributed by atoms with van der Waals surface area (Å²) in [7, 11) is 1.87. The molecule has 140 valence electrons. The summed E-state index contributed by atoms with van der Waals surface area (Å²) in [4.78, 5) is 18.0. The molecule has 0 saturated heterocycles. The van der Waals surface area contributed by atoms with E-state index >= 15 is 0 Å². The van der Waals surface area contributed by atoms with Crippen LogP contribution in [0.3, 0.4) is 0 Å². The predicted octanol–water partition coefficient (Wildman–Crippen LogP) is 3.44. The van der Waals surface area contributed by atoms with E-state index in [1.807, 2.05) is 55.1 Å². The zero-order chi connectivity index (χ0) is 19.2. The van der Waals surface area contributed by atoms with Crippen molar-refractivity contribution >= 4 is 22.8 Å². The van der Waals surface area contributed by atoms with Crippen LogP contribution in [0.15, 0.2) is 46.5 Å². The molecule has 0 aliphatic rings. The maximum atomic E-state index is 13.2. The molecule has 2 aromatic heterocycles. The second-order valence-electron chi connectivity index (χ2n) is 6.07. The minimum Gasteiger partial charge on any atom is -0.382 e. The van der Waals surface area contributed by atoms with Gasteiger partial charge >= 0.3 is 0 Å². The van der Waals surface area contributed by atoms with Crippen molar-refractivity contribution in [2.75, 3.05) is 19.0 Å². The van der Waals surface area contributed by atoms with Gasteiger partial charge < -0.3 is 9.30 Å². The van der Waals surface area contributed by atoms with Crippen LogP contribution >= 0.6 is 11.8 Å². The van der Waals surface area contributed by atoms with Gasteiger partial charge in [0, 0.05) is 38.6 Å². The van der Waals surface area contributed by atoms with Crippen molar-refractivity contribution in [2.24, 2.45) is 7.05 Å². The summed E-state index contributed by atoms with van der Waals surface area (Å²) in [5.41, 5.74) is 3.11. The van der Waals surface area contributed by atoms with Gasteiger partial charge in [-0.2, -0.15) is 5.26 Å². The van der Waals surface area contributed by atoms with Crippen LogP contribution < -0.4 is 5.56 Å². The van der Waals surface area contributed by atoms with Gasteiger partial charge in [0.05, 0.1) is 11.8 Å². The number of hydrogen-bond donors (Lipinski definition) is 0. The lowest BCUT2D eigenvalue weighted by atomic mass is 10.1. The molecule has 7 heteroatoms. The van der Waals surface area contributed by atoms with E-state index in [2.05, 4.69) is 6.07 Å². The van der Waals surface area contributed by atoms with Crippen LogP contribution in [-0.2, 0) is 18.3 Å². The number of aromatic nitrogens is 3. The molecule has 3 aromatic rings.